The van der Waals surface area contributed by atoms with Crippen molar-refractivity contribution < 1.29 is 18.8 Å². The second-order valence-corrected chi connectivity index (χ2v) is 10.3. The maximum atomic E-state index is 13.7. The van der Waals surface area contributed by atoms with Gasteiger partial charge in [0.25, 0.3) is 0 Å². The van der Waals surface area contributed by atoms with E-state index in [4.69, 9.17) is 23.2 Å². The van der Waals surface area contributed by atoms with Gasteiger partial charge < -0.3 is 5.32 Å². The molecule has 1 heterocycles. The lowest BCUT2D eigenvalue weighted by Gasteiger charge is -2.54. The van der Waals surface area contributed by atoms with Crippen molar-refractivity contribution in [2.75, 3.05) is 11.9 Å². The van der Waals surface area contributed by atoms with Crippen molar-refractivity contribution in [3.05, 3.63) is 101 Å². The summed E-state index contributed by atoms with van der Waals surface area (Å²) in [5.41, 5.74) is 3.34. The summed E-state index contributed by atoms with van der Waals surface area (Å²) in [5.74, 6) is -3.46. The van der Waals surface area contributed by atoms with Gasteiger partial charge in [-0.3, -0.25) is 19.3 Å². The molecule has 0 saturated carbocycles. The Hall–Kier alpha value is -3.22. The Balaban J connectivity index is 1.34. The van der Waals surface area contributed by atoms with Crippen LogP contribution >= 0.6 is 23.2 Å². The third kappa shape index (κ3) is 2.90. The first kappa shape index (κ1) is 22.3. The molecule has 0 spiro atoms. The number of rotatable bonds is 4. The first-order valence-corrected chi connectivity index (χ1v) is 12.0. The summed E-state index contributed by atoms with van der Waals surface area (Å²) in [7, 11) is 0. The maximum Gasteiger partial charge on any atom is 0.235 e. The summed E-state index contributed by atoms with van der Waals surface area (Å²) in [5, 5.41) is 2.65. The number of amides is 3. The van der Waals surface area contributed by atoms with Gasteiger partial charge >= 0.3 is 0 Å². The first-order valence-electron chi connectivity index (χ1n) is 11.3. The lowest BCUT2D eigenvalue weighted by molar-refractivity contribution is -0.140. The molecule has 3 aromatic carbocycles. The van der Waals surface area contributed by atoms with Crippen molar-refractivity contribution in [1.29, 1.82) is 0 Å². The summed E-state index contributed by atoms with van der Waals surface area (Å²) in [6, 6.07) is 20.2. The summed E-state index contributed by atoms with van der Waals surface area (Å²) < 4.78 is 13.1. The lowest BCUT2D eigenvalue weighted by atomic mass is 9.54. The molecule has 5 nitrogen and oxygen atoms in total. The van der Waals surface area contributed by atoms with Gasteiger partial charge in [0.15, 0.2) is 0 Å². The zero-order chi connectivity index (χ0) is 24.5. The van der Waals surface area contributed by atoms with Crippen molar-refractivity contribution in [2.45, 2.75) is 16.2 Å². The SMILES string of the molecule is O=C(CCN1C(=O)[C@@H]2[C@@H](C1=O)C1(Cl)c3ccccc3C2(Cl)c2ccccc21)Nc1ccc(F)cc1. The van der Waals surface area contributed by atoms with E-state index in [1.807, 2.05) is 48.5 Å². The predicted molar refractivity (Wildman–Crippen MR) is 129 cm³/mol. The number of imide groups is 1. The van der Waals surface area contributed by atoms with Gasteiger partial charge in [-0.2, -0.15) is 0 Å². The summed E-state index contributed by atoms with van der Waals surface area (Å²) in [4.78, 5) is 38.5. The van der Waals surface area contributed by atoms with Crippen LogP contribution in [0.5, 0.6) is 0 Å². The van der Waals surface area contributed by atoms with Gasteiger partial charge in [-0.15, -0.1) is 23.2 Å². The van der Waals surface area contributed by atoms with Gasteiger partial charge in [0.1, 0.15) is 15.6 Å². The Morgan fingerprint density at radius 2 is 1.23 bits per heavy atom. The molecule has 4 aliphatic rings. The van der Waals surface area contributed by atoms with Crippen LogP contribution in [-0.4, -0.2) is 29.2 Å². The fourth-order valence-corrected chi connectivity index (χ4v) is 7.01. The molecule has 2 bridgehead atoms. The van der Waals surface area contributed by atoms with Crippen LogP contribution in [0.4, 0.5) is 10.1 Å². The van der Waals surface area contributed by atoms with Crippen LogP contribution in [0.2, 0.25) is 0 Å². The van der Waals surface area contributed by atoms with E-state index >= 15 is 0 Å². The van der Waals surface area contributed by atoms with Crippen LogP contribution in [0.25, 0.3) is 0 Å². The molecule has 0 unspecified atom stereocenters. The normalized spacial score (nSPS) is 27.9. The lowest BCUT2D eigenvalue weighted by Crippen LogP contribution is -2.57. The minimum atomic E-state index is -1.24. The molecule has 176 valence electrons. The predicted octanol–water partition coefficient (Wildman–Crippen LogP) is 4.75. The van der Waals surface area contributed by atoms with Crippen LogP contribution in [-0.2, 0) is 24.1 Å². The van der Waals surface area contributed by atoms with Gasteiger partial charge in [-0.1, -0.05) is 48.5 Å². The monoisotopic (exact) mass is 508 g/mol. The number of nitrogens with zero attached hydrogens (tertiary/aromatic N) is 1. The molecule has 1 saturated heterocycles. The quantitative estimate of drug-likeness (QED) is 0.408. The van der Waals surface area contributed by atoms with Crippen molar-refractivity contribution in [1.82, 2.24) is 4.90 Å². The fourth-order valence-electron chi connectivity index (χ4n) is 5.92. The largest absolute Gasteiger partial charge is 0.326 e. The number of carbonyl (C=O) groups is 3. The third-order valence-electron chi connectivity index (χ3n) is 7.37. The summed E-state index contributed by atoms with van der Waals surface area (Å²) in [6.45, 7) is -0.107. The van der Waals surface area contributed by atoms with Gasteiger partial charge in [0.2, 0.25) is 17.7 Å². The topological polar surface area (TPSA) is 66.5 Å². The zero-order valence-electron chi connectivity index (χ0n) is 18.3. The zero-order valence-corrected chi connectivity index (χ0v) is 19.8. The highest BCUT2D eigenvalue weighted by Crippen LogP contribution is 2.69. The highest BCUT2D eigenvalue weighted by molar-refractivity contribution is 6.36. The number of likely N-dealkylation sites (tertiary alicyclic amines) is 1. The highest BCUT2D eigenvalue weighted by atomic mass is 35.5. The number of hydrogen-bond acceptors (Lipinski definition) is 3. The minimum Gasteiger partial charge on any atom is -0.326 e. The van der Waals surface area contributed by atoms with E-state index in [2.05, 4.69) is 5.32 Å². The van der Waals surface area contributed by atoms with Crippen molar-refractivity contribution in [3.8, 4) is 0 Å². The number of carbonyl (C=O) groups excluding carboxylic acids is 3. The van der Waals surface area contributed by atoms with Crippen molar-refractivity contribution >= 4 is 46.6 Å². The smallest absolute Gasteiger partial charge is 0.235 e. The number of hydrogen-bond donors (Lipinski definition) is 1. The first-order chi connectivity index (χ1) is 16.8. The number of nitrogens with one attached hydrogen (secondary N) is 1. The van der Waals surface area contributed by atoms with Crippen molar-refractivity contribution in [2.24, 2.45) is 11.8 Å². The van der Waals surface area contributed by atoms with E-state index in [9.17, 15) is 18.8 Å². The molecule has 2 atom stereocenters. The molecule has 7 rings (SSSR count). The molecule has 1 N–H and O–H groups in total. The Bertz CT molecular complexity index is 1290. The van der Waals surface area contributed by atoms with Gasteiger partial charge in [-0.25, -0.2) is 4.39 Å². The van der Waals surface area contributed by atoms with Gasteiger partial charge in [0, 0.05) is 18.7 Å². The van der Waals surface area contributed by atoms with E-state index < -0.39 is 45.1 Å². The molecule has 1 aliphatic heterocycles. The van der Waals surface area contributed by atoms with Gasteiger partial charge in [-0.05, 0) is 46.5 Å². The number of benzene rings is 3. The second-order valence-electron chi connectivity index (χ2n) is 9.10. The summed E-state index contributed by atoms with van der Waals surface area (Å²) >= 11 is 14.7. The van der Waals surface area contributed by atoms with E-state index in [0.29, 0.717) is 5.69 Å². The highest BCUT2D eigenvalue weighted by Gasteiger charge is 2.72. The standard InChI is InChI=1S/C27H19Cl2FN2O3/c28-26-17-5-1-2-6-18(17)27(29,20-8-4-3-7-19(20)26)23-22(26)24(34)32(25(23)35)14-13-21(33)31-16-11-9-15(30)10-12-16/h1-12,22-23H,13-14H2,(H,31,33)/t22-,23-,26?,27?/m0/s1. The third-order valence-corrected chi connectivity index (χ3v) is 8.65. The molecule has 1 fully saturated rings. The van der Waals surface area contributed by atoms with E-state index in [1.165, 1.54) is 24.3 Å². The van der Waals surface area contributed by atoms with Crippen LogP contribution < -0.4 is 5.32 Å². The maximum absolute atomic E-state index is 13.7. The second kappa shape index (κ2) is 7.64. The molecule has 0 aromatic heterocycles. The van der Waals surface area contributed by atoms with Crippen molar-refractivity contribution in [3.63, 3.8) is 0 Å². The molecule has 3 aromatic rings. The van der Waals surface area contributed by atoms with Crippen LogP contribution in [0.15, 0.2) is 72.8 Å². The Kier molecular flexibility index (Phi) is 4.86. The van der Waals surface area contributed by atoms with E-state index in [-0.39, 0.29) is 13.0 Å². The Morgan fingerprint density at radius 3 is 1.66 bits per heavy atom. The fraction of sp³-hybridized carbons (Fsp3) is 0.222. The average Bonchev–Trinajstić information content (AvgIpc) is 3.13. The molecule has 0 radical (unpaired) electrons. The average molecular weight is 509 g/mol. The minimum absolute atomic E-state index is 0.107. The molecule has 3 amide bonds. The molecule has 8 heteroatoms. The molecule has 3 aliphatic carbocycles. The molecular weight excluding hydrogens is 490 g/mol. The summed E-state index contributed by atoms with van der Waals surface area (Å²) in [6.07, 6.45) is -0.112. The van der Waals surface area contributed by atoms with Crippen LogP contribution in [0.3, 0.4) is 0 Å². The number of anilines is 1. The molecule has 35 heavy (non-hydrogen) atoms. The van der Waals surface area contributed by atoms with Gasteiger partial charge in [0.05, 0.1) is 11.8 Å². The van der Waals surface area contributed by atoms with E-state index in [0.717, 1.165) is 27.2 Å². The van der Waals surface area contributed by atoms with E-state index in [1.54, 1.807) is 0 Å². The number of halogens is 3. The number of alkyl halides is 2. The van der Waals surface area contributed by atoms with Crippen LogP contribution in [0.1, 0.15) is 28.7 Å². The van der Waals surface area contributed by atoms with Crippen LogP contribution in [0, 0.1) is 17.7 Å². The Labute approximate surface area is 210 Å². The molecular formula is C27H19Cl2FN2O3. The Morgan fingerprint density at radius 1 is 0.800 bits per heavy atom.